The molecule has 0 saturated heterocycles. The van der Waals surface area contributed by atoms with E-state index in [2.05, 4.69) is 0 Å². The normalized spacial score (nSPS) is 16.2. The van der Waals surface area contributed by atoms with Crippen molar-refractivity contribution < 1.29 is 45.8 Å². The van der Waals surface area contributed by atoms with E-state index in [1.165, 1.54) is 34.7 Å². The number of hydrogen-bond donors (Lipinski definition) is 2. The van der Waals surface area contributed by atoms with Gasteiger partial charge in [0.1, 0.15) is 11.5 Å². The Bertz CT molecular complexity index is 1530. The molecule has 200 valence electrons. The third-order valence-electron chi connectivity index (χ3n) is 5.48. The molecule has 1 aliphatic rings. The van der Waals surface area contributed by atoms with E-state index in [4.69, 9.17) is 15.2 Å². The van der Waals surface area contributed by atoms with Crippen LogP contribution in [0.5, 0.6) is 5.75 Å². The van der Waals surface area contributed by atoms with Crippen LogP contribution in [0.4, 0.5) is 18.9 Å². The fourth-order valence-corrected chi connectivity index (χ4v) is 5.41. The number of sulfone groups is 1. The van der Waals surface area contributed by atoms with Crippen molar-refractivity contribution in [3.05, 3.63) is 74.3 Å². The van der Waals surface area contributed by atoms with E-state index in [-0.39, 0.29) is 9.14 Å². The number of anilines is 1. The molecule has 0 fully saturated rings. The minimum Gasteiger partial charge on any atom is -0.505 e. The lowest BCUT2D eigenvalue weighted by Gasteiger charge is -2.36. The van der Waals surface area contributed by atoms with Crippen molar-refractivity contribution in [2.45, 2.75) is 16.3 Å². The van der Waals surface area contributed by atoms with Crippen LogP contribution in [0.15, 0.2) is 70.0 Å². The summed E-state index contributed by atoms with van der Waals surface area (Å²) in [6.45, 7) is 0. The highest BCUT2D eigenvalue weighted by atomic mass is 127. The number of alkyl halides is 3. The lowest BCUT2D eigenvalue weighted by atomic mass is 9.81. The maximum absolute atomic E-state index is 13.3. The summed E-state index contributed by atoms with van der Waals surface area (Å²) in [5.74, 6) is -5.04. The van der Waals surface area contributed by atoms with Crippen LogP contribution < -0.4 is 10.6 Å². The number of nitrogens with zero attached hydrogens (tertiary/aromatic N) is 2. The highest BCUT2D eigenvalue weighted by Crippen LogP contribution is 2.47. The zero-order valence-electron chi connectivity index (χ0n) is 19.4. The van der Waals surface area contributed by atoms with Gasteiger partial charge in [-0.1, -0.05) is 30.3 Å². The number of carbonyl (C=O) groups excluding carboxylic acids is 2. The van der Waals surface area contributed by atoms with Gasteiger partial charge < -0.3 is 20.3 Å². The Morgan fingerprint density at radius 2 is 1.71 bits per heavy atom. The van der Waals surface area contributed by atoms with E-state index in [0.717, 1.165) is 14.2 Å². The first-order valence-electron chi connectivity index (χ1n) is 10.2. The molecule has 0 spiro atoms. The Morgan fingerprint density at radius 3 is 2.21 bits per heavy atom. The number of ether oxygens (including phenoxy) is 2. The number of carbonyl (C=O) groups is 2. The molecule has 38 heavy (non-hydrogen) atoms. The molecule has 0 aromatic heterocycles. The SMILES string of the molecule is COC(=O)C1=C(C(=O)OC)N(c2cc(S(=O)(=O)C(F)(F)F)cc(I)c2O)C(N)=C(C#N)C1c1ccccc1. The molecule has 0 aliphatic carbocycles. The van der Waals surface area contributed by atoms with Crippen LogP contribution >= 0.6 is 22.6 Å². The summed E-state index contributed by atoms with van der Waals surface area (Å²) >= 11 is 1.38. The quantitative estimate of drug-likeness (QED) is 0.359. The lowest BCUT2D eigenvalue weighted by Crippen LogP contribution is -2.41. The van der Waals surface area contributed by atoms with Crippen LogP contribution in [-0.4, -0.2) is 45.2 Å². The molecule has 0 radical (unpaired) electrons. The first kappa shape index (κ1) is 28.8. The molecule has 1 unspecified atom stereocenters. The van der Waals surface area contributed by atoms with E-state index in [1.807, 2.05) is 6.07 Å². The molecule has 2 aromatic carbocycles. The number of methoxy groups -OCH3 is 2. The van der Waals surface area contributed by atoms with E-state index in [1.54, 1.807) is 18.2 Å². The predicted molar refractivity (Wildman–Crippen MR) is 134 cm³/mol. The Kier molecular flexibility index (Phi) is 7.98. The summed E-state index contributed by atoms with van der Waals surface area (Å²) in [6.07, 6.45) is 0. The van der Waals surface area contributed by atoms with Crippen molar-refractivity contribution in [1.29, 1.82) is 5.26 Å². The van der Waals surface area contributed by atoms with Gasteiger partial charge in [0.05, 0.1) is 51.5 Å². The number of hydrogen-bond acceptors (Lipinski definition) is 10. The van der Waals surface area contributed by atoms with Crippen molar-refractivity contribution in [2.75, 3.05) is 19.1 Å². The molecule has 1 heterocycles. The van der Waals surface area contributed by atoms with Crippen molar-refractivity contribution in [3.8, 4) is 11.8 Å². The molecule has 2 aromatic rings. The number of phenols is 1. The summed E-state index contributed by atoms with van der Waals surface area (Å²) in [7, 11) is -4.01. The van der Waals surface area contributed by atoms with Gasteiger partial charge in [0.15, 0.2) is 5.75 Å². The van der Waals surface area contributed by atoms with E-state index in [0.29, 0.717) is 22.6 Å². The second-order valence-electron chi connectivity index (χ2n) is 7.56. The maximum atomic E-state index is 13.3. The number of halogens is 4. The van der Waals surface area contributed by atoms with Gasteiger partial charge in [-0.15, -0.1) is 0 Å². The Labute approximate surface area is 227 Å². The van der Waals surface area contributed by atoms with Crippen molar-refractivity contribution in [3.63, 3.8) is 0 Å². The summed E-state index contributed by atoms with van der Waals surface area (Å²) in [6, 6.07) is 10.7. The molecule has 1 atom stereocenters. The Balaban J connectivity index is 2.52. The molecule has 0 amide bonds. The number of esters is 2. The number of nitriles is 1. The zero-order chi connectivity index (χ0) is 28.6. The van der Waals surface area contributed by atoms with Gasteiger partial charge >= 0.3 is 17.4 Å². The maximum Gasteiger partial charge on any atom is 0.501 e. The number of nitrogens with two attached hydrogens (primary N) is 1. The van der Waals surface area contributed by atoms with Gasteiger partial charge in [0, 0.05) is 0 Å². The van der Waals surface area contributed by atoms with Gasteiger partial charge in [-0.25, -0.2) is 18.0 Å². The Hall–Kier alpha value is -3.78. The molecule has 10 nitrogen and oxygen atoms in total. The smallest absolute Gasteiger partial charge is 0.501 e. The number of benzene rings is 2. The third-order valence-corrected chi connectivity index (χ3v) is 7.77. The third kappa shape index (κ3) is 4.76. The summed E-state index contributed by atoms with van der Waals surface area (Å²) in [4.78, 5) is 25.4. The predicted octanol–water partition coefficient (Wildman–Crippen LogP) is 3.19. The van der Waals surface area contributed by atoms with E-state index < -0.39 is 66.6 Å². The van der Waals surface area contributed by atoms with Crippen molar-refractivity contribution >= 4 is 50.1 Å². The summed E-state index contributed by atoms with van der Waals surface area (Å²) in [5, 5.41) is 20.8. The molecule has 3 N–H and O–H groups in total. The molecule has 0 bridgehead atoms. The molecule has 1 aliphatic heterocycles. The fourth-order valence-electron chi connectivity index (χ4n) is 3.78. The van der Waals surface area contributed by atoms with Gasteiger partial charge in [0.2, 0.25) is 0 Å². The van der Waals surface area contributed by atoms with E-state index in [9.17, 15) is 41.5 Å². The minimum absolute atomic E-state index is 0.320. The van der Waals surface area contributed by atoms with Crippen molar-refractivity contribution in [2.24, 2.45) is 5.73 Å². The molecular formula is C23H17F3IN3O7S. The molecule has 15 heteroatoms. The minimum atomic E-state index is -5.93. The zero-order valence-corrected chi connectivity index (χ0v) is 22.4. The molecule has 0 saturated carbocycles. The lowest BCUT2D eigenvalue weighted by molar-refractivity contribution is -0.139. The number of phenolic OH excluding ortho intramolecular Hbond substituents is 1. The average molecular weight is 663 g/mol. The van der Waals surface area contributed by atoms with Gasteiger partial charge in [-0.2, -0.15) is 18.4 Å². The van der Waals surface area contributed by atoms with Crippen LogP contribution in [0.3, 0.4) is 0 Å². The van der Waals surface area contributed by atoms with Gasteiger partial charge in [-0.05, 0) is 40.3 Å². The van der Waals surface area contributed by atoms with Gasteiger partial charge in [0.25, 0.3) is 9.84 Å². The monoisotopic (exact) mass is 663 g/mol. The van der Waals surface area contributed by atoms with Crippen LogP contribution in [0, 0.1) is 14.9 Å². The highest BCUT2D eigenvalue weighted by molar-refractivity contribution is 14.1. The van der Waals surface area contributed by atoms with E-state index >= 15 is 0 Å². The van der Waals surface area contributed by atoms with Crippen molar-refractivity contribution in [1.82, 2.24) is 0 Å². The molecular weight excluding hydrogens is 646 g/mol. The Morgan fingerprint density at radius 1 is 1.13 bits per heavy atom. The second kappa shape index (κ2) is 10.5. The molecule has 3 rings (SSSR count). The number of rotatable bonds is 5. The van der Waals surface area contributed by atoms with Crippen LogP contribution in [0.1, 0.15) is 11.5 Å². The second-order valence-corrected chi connectivity index (χ2v) is 10.7. The largest absolute Gasteiger partial charge is 0.505 e. The fraction of sp³-hybridized carbons (Fsp3) is 0.174. The summed E-state index contributed by atoms with van der Waals surface area (Å²) < 4.78 is 73.7. The average Bonchev–Trinajstić information content (AvgIpc) is 2.88. The van der Waals surface area contributed by atoms with Gasteiger partial charge in [-0.3, -0.25) is 4.90 Å². The van der Waals surface area contributed by atoms with Crippen LogP contribution in [-0.2, 0) is 28.9 Å². The standard InChI is InChI=1S/C23H17F3IN3O7S/c1-36-21(32)17-16(11-6-4-3-5-7-11)13(10-28)20(29)30(18(17)22(33)37-2)15-9-12(8-14(27)19(15)31)38(34,35)23(24,25)26/h3-9,16,31H,29H2,1-2H3. The first-order chi connectivity index (χ1) is 17.7. The number of allylic oxidation sites excluding steroid dienone is 1. The summed E-state index contributed by atoms with van der Waals surface area (Å²) in [5.41, 5.74) is -1.42. The number of aromatic hydroxyl groups is 1. The van der Waals surface area contributed by atoms with Crippen LogP contribution in [0.2, 0.25) is 0 Å². The first-order valence-corrected chi connectivity index (χ1v) is 12.8. The highest BCUT2D eigenvalue weighted by Gasteiger charge is 2.48. The topological polar surface area (TPSA) is 160 Å². The van der Waals surface area contributed by atoms with Crippen LogP contribution in [0.25, 0.3) is 0 Å².